The maximum atomic E-state index is 11.7. The number of hydrogen-bond donors (Lipinski definition) is 4. The van der Waals surface area contributed by atoms with E-state index in [1.165, 1.54) is 6.26 Å². The summed E-state index contributed by atoms with van der Waals surface area (Å²) in [5.41, 5.74) is 0.723. The highest BCUT2D eigenvalue weighted by atomic mass is 79.9. The zero-order valence-corrected chi connectivity index (χ0v) is 15.1. The molecule has 0 aliphatic carbocycles. The average molecular weight is 400 g/mol. The quantitative estimate of drug-likeness (QED) is 0.594. The van der Waals surface area contributed by atoms with E-state index in [2.05, 4.69) is 36.5 Å². The Kier molecular flexibility index (Phi) is 5.55. The van der Waals surface area contributed by atoms with Gasteiger partial charge in [0, 0.05) is 29.1 Å². The molecule has 2 aromatic rings. The van der Waals surface area contributed by atoms with Crippen molar-refractivity contribution in [2.24, 2.45) is 0 Å². The number of hydrogen-bond acceptors (Lipinski definition) is 7. The Balaban J connectivity index is 2.18. The van der Waals surface area contributed by atoms with E-state index in [4.69, 9.17) is 9.89 Å². The van der Waals surface area contributed by atoms with E-state index in [0.29, 0.717) is 21.1 Å². The highest BCUT2D eigenvalue weighted by Gasteiger charge is 2.09. The predicted octanol–water partition coefficient (Wildman–Crippen LogP) is 2.81. The van der Waals surface area contributed by atoms with Crippen LogP contribution in [0.25, 0.3) is 0 Å². The van der Waals surface area contributed by atoms with Gasteiger partial charge >= 0.3 is 0 Å². The molecule has 1 heterocycles. The van der Waals surface area contributed by atoms with Gasteiger partial charge in [-0.15, -0.1) is 0 Å². The van der Waals surface area contributed by atoms with Crippen molar-refractivity contribution >= 4 is 43.1 Å². The van der Waals surface area contributed by atoms with E-state index in [1.807, 2.05) is 6.92 Å². The lowest BCUT2D eigenvalue weighted by atomic mass is 10.3. The van der Waals surface area contributed by atoms with Crippen LogP contribution in [0.1, 0.15) is 6.92 Å². The van der Waals surface area contributed by atoms with Crippen LogP contribution in [0.2, 0.25) is 0 Å². The van der Waals surface area contributed by atoms with Gasteiger partial charge in [0.15, 0.2) is 0 Å². The van der Waals surface area contributed by atoms with Crippen LogP contribution in [-0.4, -0.2) is 38.2 Å². The first kappa shape index (κ1) is 17.6. The number of aliphatic hydroxyl groups excluding tert-OH is 1. The number of nitrogens with zero attached hydrogens (tertiary/aromatic N) is 2. The van der Waals surface area contributed by atoms with Gasteiger partial charge in [0.25, 0.3) is 0 Å². The van der Waals surface area contributed by atoms with Crippen molar-refractivity contribution in [3.63, 3.8) is 0 Å². The fraction of sp³-hybridized carbons (Fsp3) is 0.286. The van der Waals surface area contributed by atoms with E-state index in [-0.39, 0.29) is 12.6 Å². The molecule has 1 unspecified atom stereocenters. The van der Waals surface area contributed by atoms with Gasteiger partial charge in [0.1, 0.15) is 5.82 Å². The smallest absolute Gasteiger partial charge is 0.229 e. The molecule has 0 saturated heterocycles. The SMILES string of the molecule is C[C@H](CO)Nc1nc(Nc2ccc(S(C)(=N)=O)cc2)ncc1Br. The number of rotatable bonds is 6. The summed E-state index contributed by atoms with van der Waals surface area (Å²) in [5.74, 6) is 0.958. The first-order valence-corrected chi connectivity index (χ1v) is 9.56. The molecule has 9 heteroatoms. The maximum absolute atomic E-state index is 11.7. The monoisotopic (exact) mass is 399 g/mol. The number of nitrogens with one attached hydrogen (secondary N) is 3. The van der Waals surface area contributed by atoms with Crippen LogP contribution in [0.4, 0.5) is 17.5 Å². The number of anilines is 3. The lowest BCUT2D eigenvalue weighted by Crippen LogP contribution is -2.20. The standard InChI is InChI=1S/C14H18BrN5O2S/c1-9(8-21)18-13-12(15)7-17-14(20-13)19-10-3-5-11(6-4-10)23(2,16)22/h3-7,9,16,21H,8H2,1-2H3,(H2,17,18,19,20)/t9-,23?/m1/s1. The predicted molar refractivity (Wildman–Crippen MR) is 94.7 cm³/mol. The average Bonchev–Trinajstić information content (AvgIpc) is 2.50. The van der Waals surface area contributed by atoms with Crippen LogP contribution in [0.3, 0.4) is 0 Å². The number of aromatic nitrogens is 2. The van der Waals surface area contributed by atoms with E-state index >= 15 is 0 Å². The van der Waals surface area contributed by atoms with Gasteiger partial charge < -0.3 is 15.7 Å². The van der Waals surface area contributed by atoms with Gasteiger partial charge in [-0.2, -0.15) is 4.98 Å². The van der Waals surface area contributed by atoms with Crippen LogP contribution in [0.15, 0.2) is 39.8 Å². The molecule has 0 amide bonds. The first-order chi connectivity index (χ1) is 10.8. The van der Waals surface area contributed by atoms with Crippen molar-refractivity contribution in [3.8, 4) is 0 Å². The van der Waals surface area contributed by atoms with Gasteiger partial charge in [-0.05, 0) is 47.1 Å². The van der Waals surface area contributed by atoms with Crippen molar-refractivity contribution in [2.45, 2.75) is 17.9 Å². The molecule has 0 radical (unpaired) electrons. The second-order valence-corrected chi connectivity index (χ2v) is 8.12. The molecule has 0 bridgehead atoms. The fourth-order valence-corrected chi connectivity index (χ4v) is 2.70. The molecule has 0 aliphatic heterocycles. The van der Waals surface area contributed by atoms with Crippen LogP contribution in [0.5, 0.6) is 0 Å². The van der Waals surface area contributed by atoms with Crippen LogP contribution in [-0.2, 0) is 9.73 Å². The highest BCUT2D eigenvalue weighted by molar-refractivity contribution is 9.10. The van der Waals surface area contributed by atoms with E-state index < -0.39 is 9.73 Å². The minimum atomic E-state index is -2.72. The van der Waals surface area contributed by atoms with E-state index in [9.17, 15) is 4.21 Å². The topological polar surface area (TPSA) is 111 Å². The summed E-state index contributed by atoms with van der Waals surface area (Å²) < 4.78 is 19.9. The van der Waals surface area contributed by atoms with E-state index in [0.717, 1.165) is 5.69 Å². The minimum absolute atomic E-state index is 0.00983. The minimum Gasteiger partial charge on any atom is -0.394 e. The summed E-state index contributed by atoms with van der Waals surface area (Å²) in [7, 11) is -2.72. The Morgan fingerprint density at radius 1 is 1.39 bits per heavy atom. The number of halogens is 1. The van der Waals surface area contributed by atoms with Crippen LogP contribution in [0, 0.1) is 4.78 Å². The Hall–Kier alpha value is -1.71. The Morgan fingerprint density at radius 3 is 2.61 bits per heavy atom. The summed E-state index contributed by atoms with van der Waals surface area (Å²) in [5, 5.41) is 15.2. The Labute approximate surface area is 143 Å². The molecule has 2 rings (SSSR count). The molecule has 0 spiro atoms. The van der Waals surface area contributed by atoms with Gasteiger partial charge in [-0.3, -0.25) is 0 Å². The Bertz CT molecular complexity index is 780. The third-order valence-corrected chi connectivity index (χ3v) is 4.71. The molecule has 2 atom stereocenters. The zero-order chi connectivity index (χ0) is 17.0. The normalized spacial score (nSPS) is 14.8. The zero-order valence-electron chi connectivity index (χ0n) is 12.7. The lowest BCUT2D eigenvalue weighted by molar-refractivity contribution is 0.281. The second-order valence-electron chi connectivity index (χ2n) is 5.11. The summed E-state index contributed by atoms with van der Waals surface area (Å²) in [4.78, 5) is 8.99. The van der Waals surface area contributed by atoms with Crippen molar-refractivity contribution in [1.29, 1.82) is 4.78 Å². The summed E-state index contributed by atoms with van der Waals surface area (Å²) in [6.07, 6.45) is 2.99. The maximum Gasteiger partial charge on any atom is 0.229 e. The molecule has 23 heavy (non-hydrogen) atoms. The van der Waals surface area contributed by atoms with Crippen LogP contribution < -0.4 is 10.6 Å². The molecule has 1 aromatic heterocycles. The lowest BCUT2D eigenvalue weighted by Gasteiger charge is -2.14. The molecule has 4 N–H and O–H groups in total. The van der Waals surface area contributed by atoms with Crippen molar-refractivity contribution < 1.29 is 9.32 Å². The van der Waals surface area contributed by atoms with Gasteiger partial charge in [0.2, 0.25) is 5.95 Å². The third kappa shape index (κ3) is 4.88. The largest absolute Gasteiger partial charge is 0.394 e. The molecule has 1 aromatic carbocycles. The van der Waals surface area contributed by atoms with Gasteiger partial charge in [-0.1, -0.05) is 0 Å². The summed E-state index contributed by atoms with van der Waals surface area (Å²) in [6.45, 7) is 1.83. The molecule has 0 fully saturated rings. The van der Waals surface area contributed by atoms with Gasteiger partial charge in [0.05, 0.1) is 20.8 Å². The van der Waals surface area contributed by atoms with E-state index in [1.54, 1.807) is 30.5 Å². The molecule has 124 valence electrons. The van der Waals surface area contributed by atoms with Crippen molar-refractivity contribution in [3.05, 3.63) is 34.9 Å². The highest BCUT2D eigenvalue weighted by Crippen LogP contribution is 2.23. The van der Waals surface area contributed by atoms with Gasteiger partial charge in [-0.25, -0.2) is 14.0 Å². The second kappa shape index (κ2) is 7.24. The molecule has 7 nitrogen and oxygen atoms in total. The molecule has 0 aliphatic rings. The molecular formula is C14H18BrN5O2S. The molecular weight excluding hydrogens is 382 g/mol. The summed E-state index contributed by atoms with van der Waals surface area (Å²) >= 11 is 3.36. The van der Waals surface area contributed by atoms with Crippen molar-refractivity contribution in [2.75, 3.05) is 23.5 Å². The Morgan fingerprint density at radius 2 is 2.04 bits per heavy atom. The number of benzene rings is 1. The first-order valence-electron chi connectivity index (χ1n) is 6.80. The summed E-state index contributed by atoms with van der Waals surface area (Å²) in [6, 6.07) is 6.60. The number of aliphatic hydroxyl groups is 1. The molecule has 0 saturated carbocycles. The fourth-order valence-electron chi connectivity index (χ4n) is 1.73. The third-order valence-electron chi connectivity index (χ3n) is 2.96. The van der Waals surface area contributed by atoms with Crippen LogP contribution >= 0.6 is 15.9 Å². The van der Waals surface area contributed by atoms with Crippen molar-refractivity contribution in [1.82, 2.24) is 9.97 Å².